The van der Waals surface area contributed by atoms with Gasteiger partial charge in [-0.15, -0.1) is 0 Å². The second kappa shape index (κ2) is 5.48. The van der Waals surface area contributed by atoms with E-state index in [-0.39, 0.29) is 18.1 Å². The van der Waals surface area contributed by atoms with E-state index < -0.39 is 11.6 Å². The van der Waals surface area contributed by atoms with Crippen LogP contribution in [0.2, 0.25) is 0 Å². The Morgan fingerprint density at radius 3 is 2.38 bits per heavy atom. The van der Waals surface area contributed by atoms with Crippen molar-refractivity contribution in [2.75, 3.05) is 32.8 Å². The molecule has 0 aliphatic carbocycles. The lowest BCUT2D eigenvalue weighted by atomic mass is 9.80. The lowest BCUT2D eigenvalue weighted by Crippen LogP contribution is -2.65. The molecule has 21 heavy (non-hydrogen) atoms. The van der Waals surface area contributed by atoms with E-state index in [1.165, 1.54) is 0 Å². The molecule has 0 aromatic heterocycles. The highest BCUT2D eigenvalue weighted by molar-refractivity contribution is 5.76. The highest BCUT2D eigenvalue weighted by atomic mass is 16.5. The monoisotopic (exact) mass is 298 g/mol. The molecule has 2 rings (SSSR count). The van der Waals surface area contributed by atoms with Gasteiger partial charge in [0.15, 0.2) is 0 Å². The topological polar surface area (TPSA) is 70.1 Å². The van der Waals surface area contributed by atoms with Crippen LogP contribution in [-0.2, 0) is 9.53 Å². The van der Waals surface area contributed by atoms with Crippen molar-refractivity contribution in [1.82, 2.24) is 9.80 Å². The van der Waals surface area contributed by atoms with Crippen LogP contribution in [0.3, 0.4) is 0 Å². The average Bonchev–Trinajstić information content (AvgIpc) is 2.81. The SMILES string of the molecule is CC1(OCC(=O)O)CN(C(=O)N2CCC(C(C)(C)C)C2)C1. The van der Waals surface area contributed by atoms with Crippen LogP contribution in [0.15, 0.2) is 0 Å². The number of carbonyl (C=O) groups excluding carboxylic acids is 1. The zero-order valence-electron chi connectivity index (χ0n) is 13.4. The number of nitrogens with zero attached hydrogens (tertiary/aromatic N) is 2. The maximum atomic E-state index is 12.4. The predicted octanol–water partition coefficient (Wildman–Crippen LogP) is 1.65. The summed E-state index contributed by atoms with van der Waals surface area (Å²) >= 11 is 0. The molecule has 1 N–H and O–H groups in total. The standard InChI is InChI=1S/C15H26N2O4/c1-14(2,3)11-5-6-16(7-11)13(20)17-9-15(4,10-17)21-8-12(18)19/h11H,5-10H2,1-4H3,(H,18,19). The Morgan fingerprint density at radius 2 is 1.90 bits per heavy atom. The maximum absolute atomic E-state index is 12.4. The van der Waals surface area contributed by atoms with E-state index in [0.717, 1.165) is 19.5 Å². The molecular formula is C15H26N2O4. The lowest BCUT2D eigenvalue weighted by molar-refractivity contribution is -0.160. The molecule has 0 aromatic rings. The van der Waals surface area contributed by atoms with Gasteiger partial charge in [-0.3, -0.25) is 0 Å². The molecule has 2 saturated heterocycles. The number of carbonyl (C=O) groups is 2. The number of carboxylic acid groups (broad SMARTS) is 1. The fraction of sp³-hybridized carbons (Fsp3) is 0.867. The summed E-state index contributed by atoms with van der Waals surface area (Å²) in [5.74, 6) is -0.439. The van der Waals surface area contributed by atoms with Crippen molar-refractivity contribution in [3.05, 3.63) is 0 Å². The molecule has 0 aromatic carbocycles. The molecule has 120 valence electrons. The molecule has 0 spiro atoms. The lowest BCUT2D eigenvalue weighted by Gasteiger charge is -2.48. The van der Waals surface area contributed by atoms with Gasteiger partial charge >= 0.3 is 12.0 Å². The van der Waals surface area contributed by atoms with Crippen LogP contribution in [0.4, 0.5) is 4.79 Å². The second-order valence-electron chi connectivity index (χ2n) is 7.57. The van der Waals surface area contributed by atoms with Gasteiger partial charge in [0, 0.05) is 13.1 Å². The third-order valence-electron chi connectivity index (χ3n) is 4.55. The molecule has 0 saturated carbocycles. The van der Waals surface area contributed by atoms with E-state index in [9.17, 15) is 9.59 Å². The van der Waals surface area contributed by atoms with Gasteiger partial charge in [0.2, 0.25) is 0 Å². The van der Waals surface area contributed by atoms with E-state index in [4.69, 9.17) is 9.84 Å². The highest BCUT2D eigenvalue weighted by Crippen LogP contribution is 2.35. The largest absolute Gasteiger partial charge is 0.480 e. The van der Waals surface area contributed by atoms with Crippen LogP contribution < -0.4 is 0 Å². The number of amides is 2. The number of hydrogen-bond acceptors (Lipinski definition) is 3. The summed E-state index contributed by atoms with van der Waals surface area (Å²) in [6.45, 7) is 10.7. The molecule has 0 radical (unpaired) electrons. The first-order valence-electron chi connectivity index (χ1n) is 7.50. The molecule has 2 aliphatic rings. The van der Waals surface area contributed by atoms with Crippen molar-refractivity contribution in [2.45, 2.75) is 39.7 Å². The third-order valence-corrected chi connectivity index (χ3v) is 4.55. The van der Waals surface area contributed by atoms with E-state index in [0.29, 0.717) is 19.0 Å². The van der Waals surface area contributed by atoms with E-state index >= 15 is 0 Å². The van der Waals surface area contributed by atoms with E-state index in [1.54, 1.807) is 4.90 Å². The van der Waals surface area contributed by atoms with Crippen LogP contribution >= 0.6 is 0 Å². The van der Waals surface area contributed by atoms with Crippen molar-refractivity contribution >= 4 is 12.0 Å². The third kappa shape index (κ3) is 3.67. The van der Waals surface area contributed by atoms with Crippen LogP contribution in [0, 0.1) is 11.3 Å². The molecule has 0 bridgehead atoms. The summed E-state index contributed by atoms with van der Waals surface area (Å²) in [4.78, 5) is 26.6. The quantitative estimate of drug-likeness (QED) is 0.860. The Labute approximate surface area is 126 Å². The number of likely N-dealkylation sites (tertiary alicyclic amines) is 2. The van der Waals surface area contributed by atoms with Gasteiger partial charge in [-0.1, -0.05) is 20.8 Å². The molecule has 2 amide bonds. The van der Waals surface area contributed by atoms with Gasteiger partial charge in [0.05, 0.1) is 13.1 Å². The van der Waals surface area contributed by atoms with Gasteiger partial charge in [-0.05, 0) is 24.7 Å². The van der Waals surface area contributed by atoms with Gasteiger partial charge in [-0.2, -0.15) is 0 Å². The Bertz CT molecular complexity index is 424. The minimum Gasteiger partial charge on any atom is -0.480 e. The Balaban J connectivity index is 1.81. The zero-order valence-corrected chi connectivity index (χ0v) is 13.4. The number of urea groups is 1. The normalized spacial score (nSPS) is 24.9. The summed E-state index contributed by atoms with van der Waals surface area (Å²) in [5.41, 5.74) is -0.291. The fourth-order valence-corrected chi connectivity index (χ4v) is 3.06. The number of hydrogen-bond donors (Lipinski definition) is 1. The van der Waals surface area contributed by atoms with Crippen LogP contribution in [0.5, 0.6) is 0 Å². The molecule has 2 aliphatic heterocycles. The van der Waals surface area contributed by atoms with Gasteiger partial charge in [-0.25, -0.2) is 9.59 Å². The van der Waals surface area contributed by atoms with Crippen molar-refractivity contribution in [3.8, 4) is 0 Å². The summed E-state index contributed by atoms with van der Waals surface area (Å²) in [6.07, 6.45) is 1.05. The minimum absolute atomic E-state index is 0.0538. The average molecular weight is 298 g/mol. The molecule has 2 heterocycles. The minimum atomic E-state index is -0.978. The zero-order chi connectivity index (χ0) is 15.8. The predicted molar refractivity (Wildman–Crippen MR) is 78.1 cm³/mol. The van der Waals surface area contributed by atoms with Crippen molar-refractivity contribution in [3.63, 3.8) is 0 Å². The van der Waals surface area contributed by atoms with Crippen LogP contribution in [0.25, 0.3) is 0 Å². The first kappa shape index (κ1) is 16.1. The number of ether oxygens (including phenoxy) is 1. The van der Waals surface area contributed by atoms with E-state index in [1.807, 2.05) is 11.8 Å². The molecule has 6 heteroatoms. The maximum Gasteiger partial charge on any atom is 0.329 e. The van der Waals surface area contributed by atoms with Crippen molar-refractivity contribution < 1.29 is 19.4 Å². The first-order valence-corrected chi connectivity index (χ1v) is 7.50. The summed E-state index contributed by atoms with van der Waals surface area (Å²) < 4.78 is 5.33. The highest BCUT2D eigenvalue weighted by Gasteiger charge is 2.45. The molecule has 1 unspecified atom stereocenters. The first-order chi connectivity index (χ1) is 9.61. The number of aliphatic carboxylic acids is 1. The summed E-state index contributed by atoms with van der Waals surface area (Å²) in [6, 6.07) is 0.0538. The van der Waals surface area contributed by atoms with Gasteiger partial charge < -0.3 is 19.6 Å². The fourth-order valence-electron chi connectivity index (χ4n) is 3.06. The Morgan fingerprint density at radius 1 is 1.29 bits per heavy atom. The van der Waals surface area contributed by atoms with Crippen LogP contribution in [-0.4, -0.2) is 65.3 Å². The Hall–Kier alpha value is -1.30. The van der Waals surface area contributed by atoms with Crippen molar-refractivity contribution in [2.24, 2.45) is 11.3 Å². The molecule has 1 atom stereocenters. The Kier molecular flexibility index (Phi) is 4.19. The summed E-state index contributed by atoms with van der Waals surface area (Å²) in [7, 11) is 0. The molecule has 6 nitrogen and oxygen atoms in total. The molecule has 2 fully saturated rings. The second-order valence-corrected chi connectivity index (χ2v) is 7.57. The van der Waals surface area contributed by atoms with Gasteiger partial charge in [0.1, 0.15) is 12.2 Å². The number of rotatable bonds is 3. The van der Waals surface area contributed by atoms with Crippen LogP contribution in [0.1, 0.15) is 34.1 Å². The van der Waals surface area contributed by atoms with Crippen molar-refractivity contribution in [1.29, 1.82) is 0 Å². The molecular weight excluding hydrogens is 272 g/mol. The smallest absolute Gasteiger partial charge is 0.329 e. The summed E-state index contributed by atoms with van der Waals surface area (Å²) in [5, 5.41) is 8.64. The van der Waals surface area contributed by atoms with Gasteiger partial charge in [0.25, 0.3) is 0 Å². The number of carboxylic acids is 1. The van der Waals surface area contributed by atoms with E-state index in [2.05, 4.69) is 20.8 Å².